The van der Waals surface area contributed by atoms with Gasteiger partial charge in [0.15, 0.2) is 0 Å². The first kappa shape index (κ1) is 14.5. The van der Waals surface area contributed by atoms with Gasteiger partial charge >= 0.3 is 0 Å². The van der Waals surface area contributed by atoms with Crippen molar-refractivity contribution in [3.63, 3.8) is 0 Å². The Kier molecular flexibility index (Phi) is 4.40. The van der Waals surface area contributed by atoms with Crippen LogP contribution in [0.5, 0.6) is 5.75 Å². The van der Waals surface area contributed by atoms with Crippen molar-refractivity contribution >= 4 is 10.9 Å². The molecule has 3 nitrogen and oxygen atoms in total. The highest BCUT2D eigenvalue weighted by atomic mass is 16.5. The van der Waals surface area contributed by atoms with Gasteiger partial charge < -0.3 is 10.1 Å². The molecule has 1 aromatic heterocycles. The summed E-state index contributed by atoms with van der Waals surface area (Å²) in [6.45, 7) is 11.3. The lowest BCUT2D eigenvalue weighted by molar-refractivity contribution is 0.366. The van der Waals surface area contributed by atoms with E-state index >= 15 is 0 Å². The molecule has 1 heterocycles. The van der Waals surface area contributed by atoms with Crippen molar-refractivity contribution in [1.29, 1.82) is 0 Å². The average molecular weight is 270 g/mol. The van der Waals surface area contributed by atoms with Gasteiger partial charge in [-0.05, 0) is 32.9 Å². The number of fused-ring (bicyclic) bond motifs is 1. The quantitative estimate of drug-likeness (QED) is 0.841. The molecule has 20 heavy (non-hydrogen) atoms. The van der Waals surface area contributed by atoms with E-state index in [0.29, 0.717) is 6.61 Å². The van der Waals surface area contributed by atoms with Crippen LogP contribution in [0.2, 0.25) is 0 Å². The zero-order valence-corrected chi connectivity index (χ0v) is 12.4. The van der Waals surface area contributed by atoms with Crippen molar-refractivity contribution in [1.82, 2.24) is 10.3 Å². The molecule has 0 atom stereocenters. The van der Waals surface area contributed by atoms with E-state index in [1.807, 2.05) is 30.3 Å². The lowest BCUT2D eigenvalue weighted by atomic mass is 10.1. The smallest absolute Gasteiger partial charge is 0.131 e. The lowest BCUT2D eigenvalue weighted by Gasteiger charge is -2.20. The largest absolute Gasteiger partial charge is 0.489 e. The van der Waals surface area contributed by atoms with Crippen LogP contribution in [-0.4, -0.2) is 17.1 Å². The van der Waals surface area contributed by atoms with Gasteiger partial charge in [-0.15, -0.1) is 0 Å². The van der Waals surface area contributed by atoms with E-state index < -0.39 is 0 Å². The van der Waals surface area contributed by atoms with E-state index in [-0.39, 0.29) is 5.54 Å². The molecule has 0 aliphatic heterocycles. The van der Waals surface area contributed by atoms with Crippen LogP contribution >= 0.6 is 0 Å². The predicted molar refractivity (Wildman–Crippen MR) is 84.0 cm³/mol. The van der Waals surface area contributed by atoms with Crippen LogP contribution in [0.25, 0.3) is 10.9 Å². The molecule has 106 valence electrons. The maximum absolute atomic E-state index is 5.76. The third-order valence-corrected chi connectivity index (χ3v) is 2.89. The molecule has 0 aliphatic rings. The van der Waals surface area contributed by atoms with Crippen LogP contribution in [0.3, 0.4) is 0 Å². The first-order chi connectivity index (χ1) is 9.49. The summed E-state index contributed by atoms with van der Waals surface area (Å²) < 4.78 is 5.76. The van der Waals surface area contributed by atoms with Crippen LogP contribution in [0, 0.1) is 0 Å². The fourth-order valence-electron chi connectivity index (χ4n) is 1.91. The summed E-state index contributed by atoms with van der Waals surface area (Å²) in [6.07, 6.45) is 1.75. The minimum absolute atomic E-state index is 0.0649. The Bertz CT molecular complexity index is 599. The Morgan fingerprint density at radius 3 is 2.75 bits per heavy atom. The van der Waals surface area contributed by atoms with Gasteiger partial charge in [0.25, 0.3) is 0 Å². The molecule has 3 heteroatoms. The number of para-hydroxylation sites is 1. The molecule has 0 amide bonds. The van der Waals surface area contributed by atoms with Crippen LogP contribution < -0.4 is 10.1 Å². The maximum atomic E-state index is 5.76. The maximum Gasteiger partial charge on any atom is 0.131 e. The van der Waals surface area contributed by atoms with Crippen molar-refractivity contribution in [2.45, 2.75) is 32.9 Å². The van der Waals surface area contributed by atoms with Crippen molar-refractivity contribution in [2.75, 3.05) is 6.61 Å². The zero-order chi connectivity index (χ0) is 14.6. The summed E-state index contributed by atoms with van der Waals surface area (Å²) in [7, 11) is 0. The first-order valence-electron chi connectivity index (χ1n) is 6.87. The van der Waals surface area contributed by atoms with Gasteiger partial charge in [-0.25, -0.2) is 0 Å². The summed E-state index contributed by atoms with van der Waals surface area (Å²) in [4.78, 5) is 4.68. The SMILES string of the molecule is C=CCOc1cc(CNC(C)(C)C)nc2ccccc12. The zero-order valence-electron chi connectivity index (χ0n) is 12.4. The molecule has 0 unspecified atom stereocenters. The Morgan fingerprint density at radius 1 is 1.30 bits per heavy atom. The molecule has 2 rings (SSSR count). The Hall–Kier alpha value is -1.87. The summed E-state index contributed by atoms with van der Waals surface area (Å²) in [5.74, 6) is 0.862. The molecule has 1 aromatic carbocycles. The van der Waals surface area contributed by atoms with E-state index in [9.17, 15) is 0 Å². The van der Waals surface area contributed by atoms with Crippen molar-refractivity contribution in [2.24, 2.45) is 0 Å². The fourth-order valence-corrected chi connectivity index (χ4v) is 1.91. The van der Waals surface area contributed by atoms with Gasteiger partial charge in [0, 0.05) is 23.5 Å². The van der Waals surface area contributed by atoms with Crippen LogP contribution in [0.4, 0.5) is 0 Å². The van der Waals surface area contributed by atoms with Crippen LogP contribution in [0.1, 0.15) is 26.5 Å². The normalized spacial score (nSPS) is 11.6. The molecule has 1 N–H and O–H groups in total. The molecule has 0 aliphatic carbocycles. The van der Waals surface area contributed by atoms with Gasteiger partial charge in [-0.1, -0.05) is 24.8 Å². The van der Waals surface area contributed by atoms with Gasteiger partial charge in [0.1, 0.15) is 12.4 Å². The minimum atomic E-state index is 0.0649. The van der Waals surface area contributed by atoms with Gasteiger partial charge in [-0.2, -0.15) is 0 Å². The fraction of sp³-hybridized carbons (Fsp3) is 0.353. The molecule has 0 spiro atoms. The van der Waals surface area contributed by atoms with Gasteiger partial charge in [0.2, 0.25) is 0 Å². The number of pyridine rings is 1. The van der Waals surface area contributed by atoms with E-state index in [0.717, 1.165) is 28.9 Å². The molecule has 2 aromatic rings. The number of hydrogen-bond acceptors (Lipinski definition) is 3. The van der Waals surface area contributed by atoms with Crippen molar-refractivity contribution in [3.05, 3.63) is 48.7 Å². The summed E-state index contributed by atoms with van der Waals surface area (Å²) in [6, 6.07) is 10.0. The monoisotopic (exact) mass is 270 g/mol. The first-order valence-corrected chi connectivity index (χ1v) is 6.87. The highest BCUT2D eigenvalue weighted by Gasteiger charge is 2.11. The number of ether oxygens (including phenoxy) is 1. The standard InChI is InChI=1S/C17H22N2O/c1-5-10-20-16-11-13(12-18-17(2,3)4)19-15-9-7-6-8-14(15)16/h5-9,11,18H,1,10,12H2,2-4H3. The number of benzene rings is 1. The summed E-state index contributed by atoms with van der Waals surface area (Å²) >= 11 is 0. The second-order valence-electron chi connectivity index (χ2n) is 5.83. The van der Waals surface area contributed by atoms with Gasteiger partial charge in [-0.3, -0.25) is 4.98 Å². The van der Waals surface area contributed by atoms with E-state index in [2.05, 4.69) is 37.7 Å². The minimum Gasteiger partial charge on any atom is -0.489 e. The molecule has 0 radical (unpaired) electrons. The Morgan fingerprint density at radius 2 is 2.05 bits per heavy atom. The highest BCUT2D eigenvalue weighted by Crippen LogP contribution is 2.25. The van der Waals surface area contributed by atoms with Crippen LogP contribution in [0.15, 0.2) is 43.0 Å². The molecular formula is C17H22N2O. The van der Waals surface area contributed by atoms with E-state index in [1.165, 1.54) is 0 Å². The van der Waals surface area contributed by atoms with Crippen LogP contribution in [-0.2, 0) is 6.54 Å². The second kappa shape index (κ2) is 6.06. The van der Waals surface area contributed by atoms with Crippen molar-refractivity contribution in [3.8, 4) is 5.75 Å². The molecular weight excluding hydrogens is 248 g/mol. The average Bonchev–Trinajstić information content (AvgIpc) is 2.41. The highest BCUT2D eigenvalue weighted by molar-refractivity contribution is 5.85. The third kappa shape index (κ3) is 3.81. The number of rotatable bonds is 5. The molecule has 0 saturated heterocycles. The molecule has 0 fully saturated rings. The number of nitrogens with one attached hydrogen (secondary N) is 1. The number of nitrogens with zero attached hydrogens (tertiary/aromatic N) is 1. The Balaban J connectivity index is 2.33. The number of hydrogen-bond donors (Lipinski definition) is 1. The topological polar surface area (TPSA) is 34.1 Å². The third-order valence-electron chi connectivity index (χ3n) is 2.89. The second-order valence-corrected chi connectivity index (χ2v) is 5.83. The molecule has 0 saturated carbocycles. The van der Waals surface area contributed by atoms with Gasteiger partial charge in [0.05, 0.1) is 11.2 Å². The predicted octanol–water partition coefficient (Wildman–Crippen LogP) is 3.69. The number of aromatic nitrogens is 1. The van der Waals surface area contributed by atoms with E-state index in [1.54, 1.807) is 6.08 Å². The Labute approximate surface area is 120 Å². The van der Waals surface area contributed by atoms with Crippen molar-refractivity contribution < 1.29 is 4.74 Å². The molecule has 0 bridgehead atoms. The summed E-state index contributed by atoms with van der Waals surface area (Å²) in [5, 5.41) is 4.48. The lowest BCUT2D eigenvalue weighted by Crippen LogP contribution is -2.35. The van der Waals surface area contributed by atoms with E-state index in [4.69, 9.17) is 4.74 Å². The summed E-state index contributed by atoms with van der Waals surface area (Å²) in [5.41, 5.74) is 2.01.